The van der Waals surface area contributed by atoms with E-state index in [1.54, 1.807) is 22.3 Å². The summed E-state index contributed by atoms with van der Waals surface area (Å²) in [6.07, 6.45) is 9.91. The lowest BCUT2D eigenvalue weighted by Gasteiger charge is -2.20. The topological polar surface area (TPSA) is 0 Å². The molecule has 0 fully saturated rings. The van der Waals surface area contributed by atoms with Gasteiger partial charge < -0.3 is 0 Å². The van der Waals surface area contributed by atoms with Gasteiger partial charge in [-0.15, -0.1) is 0 Å². The summed E-state index contributed by atoms with van der Waals surface area (Å²) in [6.45, 7) is 8.99. The minimum atomic E-state index is 0.562. The Labute approximate surface area is 250 Å². The van der Waals surface area contributed by atoms with Gasteiger partial charge >= 0.3 is 0 Å². The number of benzene rings is 4. The molecule has 206 valence electrons. The summed E-state index contributed by atoms with van der Waals surface area (Å²) in [4.78, 5) is 0. The number of rotatable bonds is 10. The first-order valence-corrected chi connectivity index (χ1v) is 17.0. The molecule has 0 bridgehead atoms. The molecular weight excluding hydrogens is 509 g/mol. The molecule has 0 spiro atoms. The third-order valence-corrected chi connectivity index (χ3v) is 10.5. The van der Waals surface area contributed by atoms with Crippen LogP contribution < -0.4 is 0 Å². The van der Waals surface area contributed by atoms with Crippen LogP contribution in [-0.4, -0.2) is 9.52 Å². The molecule has 0 aliphatic heterocycles. The molecule has 0 amide bonds. The molecule has 0 nitrogen and oxygen atoms in total. The summed E-state index contributed by atoms with van der Waals surface area (Å²) >= 11 is 0. The van der Waals surface area contributed by atoms with Gasteiger partial charge in [0, 0.05) is 21.4 Å². The van der Waals surface area contributed by atoms with Crippen LogP contribution >= 0.6 is 0 Å². The van der Waals surface area contributed by atoms with Gasteiger partial charge in [-0.1, -0.05) is 158 Å². The van der Waals surface area contributed by atoms with E-state index in [9.17, 15) is 0 Å². The monoisotopic (exact) mass is 550 g/mol. The van der Waals surface area contributed by atoms with Crippen molar-refractivity contribution in [3.63, 3.8) is 0 Å². The largest absolute Gasteiger partial charge is 0.0651 e. The predicted octanol–water partition coefficient (Wildman–Crippen LogP) is 11.4. The lowest BCUT2D eigenvalue weighted by atomic mass is 9.92. The number of aryl methyl sites for hydroxylation is 2. The summed E-state index contributed by atoms with van der Waals surface area (Å²) in [5, 5.41) is 0. The molecular formula is C40H42Si. The average Bonchev–Trinajstić information content (AvgIpc) is 3.52. The van der Waals surface area contributed by atoms with Gasteiger partial charge in [-0.3, -0.25) is 0 Å². The van der Waals surface area contributed by atoms with Crippen LogP contribution in [0.3, 0.4) is 0 Å². The molecule has 2 radical (unpaired) electrons. The van der Waals surface area contributed by atoms with Crippen LogP contribution in [0.2, 0.25) is 12.1 Å². The van der Waals surface area contributed by atoms with Crippen molar-refractivity contribution in [2.75, 3.05) is 0 Å². The van der Waals surface area contributed by atoms with Crippen molar-refractivity contribution in [1.29, 1.82) is 0 Å². The van der Waals surface area contributed by atoms with Gasteiger partial charge in [-0.2, -0.15) is 0 Å². The maximum absolute atomic E-state index is 2.55. The van der Waals surface area contributed by atoms with Crippen molar-refractivity contribution in [2.24, 2.45) is 0 Å². The first kappa shape index (κ1) is 27.7. The van der Waals surface area contributed by atoms with E-state index >= 15 is 0 Å². The van der Waals surface area contributed by atoms with E-state index in [2.05, 4.69) is 125 Å². The maximum Gasteiger partial charge on any atom is 0.0397 e. The summed E-state index contributed by atoms with van der Waals surface area (Å²) in [5.41, 5.74) is 17.4. The number of allylic oxidation sites excluding steroid dienone is 2. The maximum atomic E-state index is 2.55. The zero-order valence-electron chi connectivity index (χ0n) is 25.1. The third kappa shape index (κ3) is 5.57. The van der Waals surface area contributed by atoms with Gasteiger partial charge in [-0.25, -0.2) is 0 Å². The lowest BCUT2D eigenvalue weighted by Crippen LogP contribution is -2.08. The standard InChI is InChI=1S/C40H42Si/c1-5-9-31-23-37-33(29-19-15-27(3)16-20-29)11-7-13-35(37)39(31)25-41-26-40-32(10-6-2)24-38-34(12-8-14-36(38)40)30-21-17-28(4)18-22-30/h7-8,11-24,39-40H,5-6,9-10,25-26H2,1-4H3. The highest BCUT2D eigenvalue weighted by Crippen LogP contribution is 2.47. The fourth-order valence-corrected chi connectivity index (χ4v) is 8.67. The van der Waals surface area contributed by atoms with E-state index in [0.717, 1.165) is 9.52 Å². The van der Waals surface area contributed by atoms with Gasteiger partial charge in [0.15, 0.2) is 0 Å². The van der Waals surface area contributed by atoms with Crippen LogP contribution in [-0.2, 0) is 0 Å². The second-order valence-electron chi connectivity index (χ2n) is 12.1. The first-order valence-electron chi connectivity index (χ1n) is 15.6. The number of fused-ring (bicyclic) bond motifs is 2. The summed E-state index contributed by atoms with van der Waals surface area (Å²) in [7, 11) is 0.947. The van der Waals surface area contributed by atoms with Gasteiger partial charge in [0.05, 0.1) is 0 Å². The number of hydrogen-bond donors (Lipinski definition) is 0. The Hall–Kier alpha value is -3.42. The molecule has 2 aliphatic carbocycles. The summed E-state index contributed by atoms with van der Waals surface area (Å²) < 4.78 is 0. The molecule has 4 aromatic carbocycles. The van der Waals surface area contributed by atoms with E-state index in [1.807, 2.05) is 0 Å². The third-order valence-electron chi connectivity index (χ3n) is 9.08. The fraction of sp³-hybridized carbons (Fsp3) is 0.300. The van der Waals surface area contributed by atoms with Gasteiger partial charge in [-0.05, 0) is 71.2 Å². The SMILES string of the molecule is CCCC1=Cc2c(-c3ccc(C)cc3)cccc2C1C[Si]CC1C(CCC)=Cc2c(-c3ccc(C)cc3)cccc21. The molecule has 2 atom stereocenters. The van der Waals surface area contributed by atoms with Crippen LogP contribution in [0.5, 0.6) is 0 Å². The molecule has 6 rings (SSSR count). The Morgan fingerprint density at radius 2 is 0.951 bits per heavy atom. The highest BCUT2D eigenvalue weighted by atomic mass is 28.2. The Morgan fingerprint density at radius 3 is 1.34 bits per heavy atom. The quantitative estimate of drug-likeness (QED) is 0.172. The van der Waals surface area contributed by atoms with Crippen molar-refractivity contribution in [3.8, 4) is 22.3 Å². The Morgan fingerprint density at radius 1 is 0.537 bits per heavy atom. The van der Waals surface area contributed by atoms with E-state index < -0.39 is 0 Å². The average molecular weight is 551 g/mol. The second-order valence-corrected chi connectivity index (χ2v) is 13.4. The van der Waals surface area contributed by atoms with Crippen LogP contribution in [0.4, 0.5) is 0 Å². The van der Waals surface area contributed by atoms with Crippen molar-refractivity contribution in [3.05, 3.63) is 129 Å². The Balaban J connectivity index is 1.25. The first-order chi connectivity index (χ1) is 20.1. The van der Waals surface area contributed by atoms with Crippen LogP contribution in [0, 0.1) is 13.8 Å². The molecule has 41 heavy (non-hydrogen) atoms. The van der Waals surface area contributed by atoms with E-state index in [1.165, 1.54) is 82.3 Å². The molecule has 0 N–H and O–H groups in total. The molecule has 4 aromatic rings. The van der Waals surface area contributed by atoms with Crippen LogP contribution in [0.1, 0.15) is 84.7 Å². The van der Waals surface area contributed by atoms with Crippen LogP contribution in [0.15, 0.2) is 96.1 Å². The van der Waals surface area contributed by atoms with Gasteiger partial charge in [0.25, 0.3) is 0 Å². The molecule has 0 aromatic heterocycles. The lowest BCUT2D eigenvalue weighted by molar-refractivity contribution is 0.781. The minimum absolute atomic E-state index is 0.562. The zero-order valence-corrected chi connectivity index (χ0v) is 26.1. The molecule has 1 heteroatoms. The van der Waals surface area contributed by atoms with Crippen molar-refractivity contribution >= 4 is 21.7 Å². The Bertz CT molecular complexity index is 1460. The van der Waals surface area contributed by atoms with Gasteiger partial charge in [0.1, 0.15) is 0 Å². The molecule has 0 saturated carbocycles. The fourth-order valence-electron chi connectivity index (χ4n) is 6.96. The predicted molar refractivity (Wildman–Crippen MR) is 180 cm³/mol. The van der Waals surface area contributed by atoms with E-state index in [0.29, 0.717) is 11.8 Å². The van der Waals surface area contributed by atoms with Crippen molar-refractivity contribution < 1.29 is 0 Å². The second kappa shape index (κ2) is 12.2. The normalized spacial score (nSPS) is 17.3. The Kier molecular flexibility index (Phi) is 8.26. The van der Waals surface area contributed by atoms with Gasteiger partial charge in [0.2, 0.25) is 0 Å². The molecule has 2 unspecified atom stereocenters. The highest BCUT2D eigenvalue weighted by molar-refractivity contribution is 6.36. The van der Waals surface area contributed by atoms with Crippen molar-refractivity contribution in [1.82, 2.24) is 0 Å². The summed E-state index contributed by atoms with van der Waals surface area (Å²) in [6, 6.07) is 34.7. The van der Waals surface area contributed by atoms with E-state index in [4.69, 9.17) is 0 Å². The highest BCUT2D eigenvalue weighted by Gasteiger charge is 2.29. The van der Waals surface area contributed by atoms with E-state index in [-0.39, 0.29) is 0 Å². The zero-order chi connectivity index (χ0) is 28.3. The van der Waals surface area contributed by atoms with Crippen LogP contribution in [0.25, 0.3) is 34.4 Å². The minimum Gasteiger partial charge on any atom is -0.0651 e. The summed E-state index contributed by atoms with van der Waals surface area (Å²) in [5.74, 6) is 1.12. The number of hydrogen-bond acceptors (Lipinski definition) is 0. The smallest absolute Gasteiger partial charge is 0.0397 e. The molecule has 2 aliphatic rings. The molecule has 0 saturated heterocycles. The molecule has 0 heterocycles. The van der Waals surface area contributed by atoms with Crippen molar-refractivity contribution in [2.45, 2.75) is 77.3 Å².